The molecule has 1 aliphatic rings. The number of sulfonamides is 1. The molecule has 1 atom stereocenters. The van der Waals surface area contributed by atoms with Crippen molar-refractivity contribution in [3.63, 3.8) is 0 Å². The van der Waals surface area contributed by atoms with Crippen molar-refractivity contribution >= 4 is 65.9 Å². The van der Waals surface area contributed by atoms with Crippen molar-refractivity contribution in [1.82, 2.24) is 50.1 Å². The van der Waals surface area contributed by atoms with Crippen molar-refractivity contribution in [2.45, 2.75) is 24.5 Å². The zero-order chi connectivity index (χ0) is 28.0. The fourth-order valence-electron chi connectivity index (χ4n) is 4.49. The Kier molecular flexibility index (Phi) is 6.69. The summed E-state index contributed by atoms with van der Waals surface area (Å²) in [5, 5.41) is 17.3. The summed E-state index contributed by atoms with van der Waals surface area (Å²) in [4.78, 5) is 40.0. The van der Waals surface area contributed by atoms with Crippen LogP contribution in [0.3, 0.4) is 0 Å². The first-order chi connectivity index (χ1) is 19.2. The molecule has 0 saturated carbocycles. The van der Waals surface area contributed by atoms with Crippen LogP contribution in [0, 0.1) is 6.92 Å². The molecule has 40 heavy (non-hydrogen) atoms. The van der Waals surface area contributed by atoms with Gasteiger partial charge in [0.15, 0.2) is 10.8 Å². The summed E-state index contributed by atoms with van der Waals surface area (Å²) in [6.45, 7) is 1.44. The van der Waals surface area contributed by atoms with Gasteiger partial charge in [-0.25, -0.2) is 13.4 Å². The second kappa shape index (κ2) is 10.2. The van der Waals surface area contributed by atoms with Crippen molar-refractivity contribution in [3.05, 3.63) is 58.1 Å². The molecule has 1 fully saturated rings. The Morgan fingerprint density at radius 2 is 2.08 bits per heavy atom. The fraction of sp³-hybridized carbons (Fsp3) is 0.261. The van der Waals surface area contributed by atoms with Crippen LogP contribution in [-0.2, 0) is 21.4 Å². The van der Waals surface area contributed by atoms with Gasteiger partial charge in [-0.15, -0.1) is 21.5 Å². The molecule has 5 heterocycles. The molecule has 4 aromatic heterocycles. The molecule has 1 aliphatic heterocycles. The van der Waals surface area contributed by atoms with E-state index in [1.165, 1.54) is 15.3 Å². The number of nitrogens with zero attached hydrogens (tertiary/aromatic N) is 7. The quantitative estimate of drug-likeness (QED) is 0.260. The van der Waals surface area contributed by atoms with Crippen LogP contribution >= 0.6 is 22.9 Å². The zero-order valence-corrected chi connectivity index (χ0v) is 23.2. The van der Waals surface area contributed by atoms with E-state index in [1.807, 2.05) is 6.92 Å². The monoisotopic (exact) mass is 600 g/mol. The minimum absolute atomic E-state index is 0.0234. The minimum atomic E-state index is -4.04. The first-order valence-corrected chi connectivity index (χ1v) is 14.6. The summed E-state index contributed by atoms with van der Waals surface area (Å²) < 4.78 is 29.2. The summed E-state index contributed by atoms with van der Waals surface area (Å²) in [5.74, 6) is -0.812. The van der Waals surface area contributed by atoms with E-state index in [9.17, 15) is 18.0 Å². The predicted molar refractivity (Wildman–Crippen MR) is 145 cm³/mol. The van der Waals surface area contributed by atoms with Gasteiger partial charge in [0.25, 0.3) is 15.9 Å². The van der Waals surface area contributed by atoms with Gasteiger partial charge in [0, 0.05) is 47.5 Å². The van der Waals surface area contributed by atoms with Gasteiger partial charge < -0.3 is 15.2 Å². The van der Waals surface area contributed by atoms with Gasteiger partial charge in [-0.2, -0.15) is 9.52 Å². The largest absolute Gasteiger partial charge is 0.347 e. The fourth-order valence-corrected chi connectivity index (χ4v) is 6.99. The topological polar surface area (TPSA) is 183 Å². The van der Waals surface area contributed by atoms with Crippen LogP contribution in [0.4, 0.5) is 0 Å². The van der Waals surface area contributed by atoms with E-state index < -0.39 is 27.9 Å². The van der Waals surface area contributed by atoms with Crippen molar-refractivity contribution in [1.29, 1.82) is 0 Å². The first kappa shape index (κ1) is 26.2. The number of piperazine rings is 1. The molecule has 3 N–H and O–H groups in total. The maximum Gasteiger partial charge on any atom is 0.283 e. The van der Waals surface area contributed by atoms with Crippen LogP contribution in [0.5, 0.6) is 0 Å². The smallest absolute Gasteiger partial charge is 0.283 e. The standard InChI is InChI=1S/C23H21ClN10O4S2/c1-12-6-16-18(9-25-12)39-22(28-16)23(36)34-5-4-33(11-17(34)21(35)26-10-19-29-31-32-30-19)40(37,38)20-8-13-7-14(24)2-3-15(13)27-20/h2-3,6-9,17,27H,4-5,10-11H2,1H3,(H,26,35)(H,29,30,31,32). The van der Waals surface area contributed by atoms with Gasteiger partial charge >= 0.3 is 0 Å². The lowest BCUT2D eigenvalue weighted by atomic mass is 10.1. The second-order valence-corrected chi connectivity index (χ2v) is 12.5. The molecule has 1 saturated heterocycles. The lowest BCUT2D eigenvalue weighted by Crippen LogP contribution is -2.61. The number of benzene rings is 1. The van der Waals surface area contributed by atoms with E-state index in [2.05, 4.69) is 40.9 Å². The van der Waals surface area contributed by atoms with E-state index in [0.29, 0.717) is 21.4 Å². The van der Waals surface area contributed by atoms with Crippen LogP contribution in [0.25, 0.3) is 21.1 Å². The third-order valence-corrected chi connectivity index (χ3v) is 9.50. The average molecular weight is 601 g/mol. The molecule has 5 aromatic rings. The highest BCUT2D eigenvalue weighted by Gasteiger charge is 2.41. The molecule has 1 aromatic carbocycles. The molecule has 0 aliphatic carbocycles. The lowest BCUT2D eigenvalue weighted by Gasteiger charge is -2.39. The van der Waals surface area contributed by atoms with Crippen LogP contribution in [0.15, 0.2) is 41.6 Å². The molecule has 17 heteroatoms. The summed E-state index contributed by atoms with van der Waals surface area (Å²) in [6.07, 6.45) is 1.65. The van der Waals surface area contributed by atoms with Crippen LogP contribution < -0.4 is 5.32 Å². The Balaban J connectivity index is 1.30. The van der Waals surface area contributed by atoms with Crippen molar-refractivity contribution < 1.29 is 18.0 Å². The van der Waals surface area contributed by atoms with Crippen LogP contribution in [-0.4, -0.2) is 90.7 Å². The number of amides is 2. The van der Waals surface area contributed by atoms with Crippen molar-refractivity contribution in [3.8, 4) is 0 Å². The number of H-pyrrole nitrogens is 2. The number of hydrogen-bond acceptors (Lipinski definition) is 10. The van der Waals surface area contributed by atoms with Gasteiger partial charge in [0.05, 0.1) is 16.8 Å². The highest BCUT2D eigenvalue weighted by atomic mass is 35.5. The maximum atomic E-state index is 13.6. The first-order valence-electron chi connectivity index (χ1n) is 12.0. The summed E-state index contributed by atoms with van der Waals surface area (Å²) >= 11 is 7.23. The number of halogens is 1. The highest BCUT2D eigenvalue weighted by molar-refractivity contribution is 7.89. The number of nitrogens with one attached hydrogen (secondary N) is 3. The van der Waals surface area contributed by atoms with E-state index in [-0.39, 0.29) is 42.0 Å². The molecule has 206 valence electrons. The molecule has 14 nitrogen and oxygen atoms in total. The maximum absolute atomic E-state index is 13.6. The summed E-state index contributed by atoms with van der Waals surface area (Å²) in [5.41, 5.74) is 1.99. The average Bonchev–Trinajstić information content (AvgIpc) is 3.70. The number of pyridine rings is 1. The van der Waals surface area contributed by atoms with E-state index in [0.717, 1.165) is 21.7 Å². The summed E-state index contributed by atoms with van der Waals surface area (Å²) in [6, 6.07) is 7.13. The Bertz CT molecular complexity index is 1850. The van der Waals surface area contributed by atoms with Gasteiger partial charge in [0.2, 0.25) is 5.91 Å². The Labute approximate surface area is 235 Å². The van der Waals surface area contributed by atoms with Crippen molar-refractivity contribution in [2.24, 2.45) is 0 Å². The number of fused-ring (bicyclic) bond motifs is 2. The highest BCUT2D eigenvalue weighted by Crippen LogP contribution is 2.28. The SMILES string of the molecule is Cc1cc2nc(C(=O)N3CCN(S(=O)(=O)c4cc5cc(Cl)ccc5[nH]4)CC3C(=O)NCc3nn[nH]n3)sc2cn1. The molecule has 6 rings (SSSR count). The molecule has 0 bridgehead atoms. The Morgan fingerprint density at radius 3 is 2.88 bits per heavy atom. The number of aryl methyl sites for hydroxylation is 1. The van der Waals surface area contributed by atoms with Gasteiger partial charge in [-0.1, -0.05) is 16.8 Å². The molecular formula is C23H21ClN10O4S2. The number of thiazole rings is 1. The number of tetrazole rings is 1. The third kappa shape index (κ3) is 4.90. The Hall–Kier alpha value is -3.99. The number of carbonyl (C=O) groups is 2. The molecular weight excluding hydrogens is 580 g/mol. The molecule has 1 unspecified atom stereocenters. The summed E-state index contributed by atoms with van der Waals surface area (Å²) in [7, 11) is -4.04. The zero-order valence-electron chi connectivity index (χ0n) is 20.8. The van der Waals surface area contributed by atoms with Crippen LogP contribution in [0.1, 0.15) is 21.3 Å². The van der Waals surface area contributed by atoms with E-state index >= 15 is 0 Å². The predicted octanol–water partition coefficient (Wildman–Crippen LogP) is 1.48. The molecule has 2 amide bonds. The number of aromatic amines is 2. The van der Waals surface area contributed by atoms with Gasteiger partial charge in [-0.05, 0) is 37.3 Å². The second-order valence-electron chi connectivity index (χ2n) is 9.10. The number of hydrogen-bond donors (Lipinski definition) is 3. The van der Waals surface area contributed by atoms with E-state index in [1.54, 1.807) is 30.5 Å². The molecule has 0 radical (unpaired) electrons. The van der Waals surface area contributed by atoms with Gasteiger partial charge in [-0.3, -0.25) is 14.6 Å². The Morgan fingerprint density at radius 1 is 1.23 bits per heavy atom. The number of aromatic nitrogens is 7. The lowest BCUT2D eigenvalue weighted by molar-refractivity contribution is -0.127. The van der Waals surface area contributed by atoms with Crippen LogP contribution in [0.2, 0.25) is 5.02 Å². The normalized spacial score (nSPS) is 16.6. The minimum Gasteiger partial charge on any atom is -0.347 e. The van der Waals surface area contributed by atoms with Gasteiger partial charge in [0.1, 0.15) is 11.1 Å². The number of carbonyl (C=O) groups excluding carboxylic acids is 2. The van der Waals surface area contributed by atoms with E-state index in [4.69, 9.17) is 11.6 Å². The van der Waals surface area contributed by atoms with Crippen molar-refractivity contribution in [2.75, 3.05) is 19.6 Å². The third-order valence-electron chi connectivity index (χ3n) is 6.49. The molecule has 0 spiro atoms. The number of rotatable bonds is 6.